The number of ether oxygens (including phenoxy) is 1. The number of nitrogens with zero attached hydrogens (tertiary/aromatic N) is 2. The molecule has 4 rings (SSSR count). The molecule has 1 aliphatic heterocycles. The Bertz CT molecular complexity index is 1120. The normalized spacial score (nSPS) is 15.0. The number of rotatable bonds is 4. The van der Waals surface area contributed by atoms with Crippen molar-refractivity contribution in [3.8, 4) is 5.75 Å². The van der Waals surface area contributed by atoms with Crippen LogP contribution in [0.2, 0.25) is 0 Å². The Balaban J connectivity index is 1.85. The van der Waals surface area contributed by atoms with E-state index < -0.39 is 0 Å². The van der Waals surface area contributed by atoms with Crippen LogP contribution >= 0.6 is 15.9 Å². The Labute approximate surface area is 176 Å². The maximum Gasteiger partial charge on any atom is 0.282 e. The summed E-state index contributed by atoms with van der Waals surface area (Å²) in [6.45, 7) is 0. The molecular formula is C23H16BrFN2O2. The zero-order valence-corrected chi connectivity index (χ0v) is 17.1. The summed E-state index contributed by atoms with van der Waals surface area (Å²) in [6.07, 6.45) is 1.65. The first-order chi connectivity index (χ1) is 14.1. The molecule has 144 valence electrons. The molecule has 3 aromatic carbocycles. The summed E-state index contributed by atoms with van der Waals surface area (Å²) in [5, 5.41) is 0. The highest BCUT2D eigenvalue weighted by molar-refractivity contribution is 9.10. The first-order valence-electron chi connectivity index (χ1n) is 8.86. The number of aliphatic imine (C=N–C) groups is 1. The summed E-state index contributed by atoms with van der Waals surface area (Å²) in [7, 11) is 1.58. The zero-order chi connectivity index (χ0) is 20.4. The number of methoxy groups -OCH3 is 1. The van der Waals surface area contributed by atoms with Crippen molar-refractivity contribution in [3.63, 3.8) is 0 Å². The number of carbonyl (C=O) groups excluding carboxylic acids is 1. The smallest absolute Gasteiger partial charge is 0.282 e. The van der Waals surface area contributed by atoms with Gasteiger partial charge in [-0.3, -0.25) is 9.69 Å². The van der Waals surface area contributed by atoms with Crippen LogP contribution < -0.4 is 9.64 Å². The SMILES string of the molecule is COc1ccccc1C1=N/C(=C/c2ccc(F)cc2)C(=O)N1c1ccc(Br)cc1. The van der Waals surface area contributed by atoms with E-state index in [1.807, 2.05) is 48.5 Å². The maximum absolute atomic E-state index is 13.3. The molecule has 0 saturated heterocycles. The number of amides is 1. The lowest BCUT2D eigenvalue weighted by atomic mass is 10.1. The van der Waals surface area contributed by atoms with E-state index in [0.29, 0.717) is 28.4 Å². The molecule has 3 aromatic rings. The number of hydrogen-bond donors (Lipinski definition) is 0. The molecule has 0 N–H and O–H groups in total. The standard InChI is InChI=1S/C23H16BrFN2O2/c1-29-21-5-3-2-4-19(21)22-26-20(14-15-6-10-17(25)11-7-15)23(28)27(22)18-12-8-16(24)9-13-18/h2-14H,1H3/b20-14+. The Morgan fingerprint density at radius 1 is 1.00 bits per heavy atom. The minimum atomic E-state index is -0.334. The first kappa shape index (κ1) is 19.1. The summed E-state index contributed by atoms with van der Waals surface area (Å²) in [5.74, 6) is 0.490. The van der Waals surface area contributed by atoms with E-state index in [4.69, 9.17) is 4.74 Å². The highest BCUT2D eigenvalue weighted by Gasteiger charge is 2.33. The predicted molar refractivity (Wildman–Crippen MR) is 116 cm³/mol. The van der Waals surface area contributed by atoms with Crippen molar-refractivity contribution >= 4 is 39.4 Å². The fourth-order valence-corrected chi connectivity index (χ4v) is 3.34. The number of anilines is 1. The summed E-state index contributed by atoms with van der Waals surface area (Å²) >= 11 is 3.42. The highest BCUT2D eigenvalue weighted by Crippen LogP contribution is 2.31. The van der Waals surface area contributed by atoms with Gasteiger partial charge in [0.05, 0.1) is 18.4 Å². The van der Waals surface area contributed by atoms with Crippen LogP contribution in [-0.2, 0) is 4.79 Å². The summed E-state index contributed by atoms with van der Waals surface area (Å²) in [4.78, 5) is 19.4. The van der Waals surface area contributed by atoms with Crippen LogP contribution in [0.3, 0.4) is 0 Å². The molecule has 1 aliphatic rings. The van der Waals surface area contributed by atoms with E-state index >= 15 is 0 Å². The minimum Gasteiger partial charge on any atom is -0.496 e. The van der Waals surface area contributed by atoms with Gasteiger partial charge in [0, 0.05) is 4.47 Å². The van der Waals surface area contributed by atoms with Crippen LogP contribution in [0.4, 0.5) is 10.1 Å². The van der Waals surface area contributed by atoms with Crippen molar-refractivity contribution in [2.24, 2.45) is 4.99 Å². The van der Waals surface area contributed by atoms with Gasteiger partial charge < -0.3 is 4.74 Å². The van der Waals surface area contributed by atoms with E-state index in [1.165, 1.54) is 12.1 Å². The second-order valence-corrected chi connectivity index (χ2v) is 7.25. The highest BCUT2D eigenvalue weighted by atomic mass is 79.9. The lowest BCUT2D eigenvalue weighted by Gasteiger charge is -2.20. The minimum absolute atomic E-state index is 0.264. The Morgan fingerprint density at radius 2 is 1.69 bits per heavy atom. The number of hydrogen-bond acceptors (Lipinski definition) is 3. The Morgan fingerprint density at radius 3 is 2.38 bits per heavy atom. The third-order valence-electron chi connectivity index (χ3n) is 4.47. The van der Waals surface area contributed by atoms with E-state index in [1.54, 1.807) is 30.2 Å². The van der Waals surface area contributed by atoms with Crippen molar-refractivity contribution in [2.75, 3.05) is 12.0 Å². The quantitative estimate of drug-likeness (QED) is 0.497. The van der Waals surface area contributed by atoms with Crippen molar-refractivity contribution in [1.29, 1.82) is 0 Å². The van der Waals surface area contributed by atoms with Crippen molar-refractivity contribution in [3.05, 3.63) is 99.9 Å². The predicted octanol–water partition coefficient (Wildman–Crippen LogP) is 5.43. The second kappa shape index (κ2) is 8.01. The molecular weight excluding hydrogens is 435 g/mol. The number of halogens is 2. The lowest BCUT2D eigenvalue weighted by molar-refractivity contribution is -0.113. The van der Waals surface area contributed by atoms with Gasteiger partial charge in [-0.1, -0.05) is 40.2 Å². The molecule has 1 amide bonds. The third kappa shape index (κ3) is 3.84. The number of para-hydroxylation sites is 1. The average molecular weight is 451 g/mol. The molecule has 0 aliphatic carbocycles. The maximum atomic E-state index is 13.3. The molecule has 1 heterocycles. The van der Waals surface area contributed by atoms with Crippen LogP contribution in [0.1, 0.15) is 11.1 Å². The van der Waals surface area contributed by atoms with Gasteiger partial charge >= 0.3 is 0 Å². The molecule has 0 bridgehead atoms. The van der Waals surface area contributed by atoms with E-state index in [-0.39, 0.29) is 17.4 Å². The monoisotopic (exact) mass is 450 g/mol. The second-order valence-electron chi connectivity index (χ2n) is 6.33. The van der Waals surface area contributed by atoms with Crippen LogP contribution in [0.25, 0.3) is 6.08 Å². The molecule has 4 nitrogen and oxygen atoms in total. The van der Waals surface area contributed by atoms with E-state index in [2.05, 4.69) is 20.9 Å². The van der Waals surface area contributed by atoms with Gasteiger partial charge in [-0.2, -0.15) is 0 Å². The topological polar surface area (TPSA) is 41.9 Å². The van der Waals surface area contributed by atoms with Gasteiger partial charge in [-0.25, -0.2) is 9.38 Å². The van der Waals surface area contributed by atoms with Gasteiger partial charge in [-0.05, 0) is 60.2 Å². The molecule has 0 saturated carbocycles. The summed E-state index contributed by atoms with van der Waals surface area (Å²) < 4.78 is 19.6. The molecule has 0 atom stereocenters. The van der Waals surface area contributed by atoms with Crippen LogP contribution in [0.5, 0.6) is 5.75 Å². The third-order valence-corrected chi connectivity index (χ3v) is 5.00. The zero-order valence-electron chi connectivity index (χ0n) is 15.5. The van der Waals surface area contributed by atoms with Crippen molar-refractivity contribution < 1.29 is 13.9 Å². The summed E-state index contributed by atoms with van der Waals surface area (Å²) in [6, 6.07) is 20.7. The Hall–Kier alpha value is -3.25. The summed E-state index contributed by atoms with van der Waals surface area (Å²) in [5.41, 5.74) is 2.34. The van der Waals surface area contributed by atoms with Gasteiger partial charge in [0.2, 0.25) is 0 Å². The first-order valence-corrected chi connectivity index (χ1v) is 9.65. The number of amidine groups is 1. The van der Waals surface area contributed by atoms with Crippen LogP contribution in [-0.4, -0.2) is 18.9 Å². The molecule has 0 spiro atoms. The van der Waals surface area contributed by atoms with Crippen molar-refractivity contribution in [1.82, 2.24) is 0 Å². The molecule has 0 unspecified atom stereocenters. The van der Waals surface area contributed by atoms with Crippen molar-refractivity contribution in [2.45, 2.75) is 0 Å². The van der Waals surface area contributed by atoms with E-state index in [0.717, 1.165) is 4.47 Å². The number of benzene rings is 3. The fraction of sp³-hybridized carbons (Fsp3) is 0.0435. The lowest BCUT2D eigenvalue weighted by Crippen LogP contribution is -2.32. The van der Waals surface area contributed by atoms with Gasteiger partial charge in [0.25, 0.3) is 5.91 Å². The Kier molecular flexibility index (Phi) is 5.27. The number of carbonyl (C=O) groups is 1. The average Bonchev–Trinajstić information content (AvgIpc) is 3.06. The molecule has 0 fully saturated rings. The largest absolute Gasteiger partial charge is 0.496 e. The molecule has 29 heavy (non-hydrogen) atoms. The molecule has 0 radical (unpaired) electrons. The van der Waals surface area contributed by atoms with E-state index in [9.17, 15) is 9.18 Å². The van der Waals surface area contributed by atoms with Gasteiger partial charge in [0.15, 0.2) is 5.84 Å². The molecule has 0 aromatic heterocycles. The van der Waals surface area contributed by atoms with Crippen LogP contribution in [0, 0.1) is 5.82 Å². The van der Waals surface area contributed by atoms with Gasteiger partial charge in [0.1, 0.15) is 17.3 Å². The molecule has 6 heteroatoms. The fourth-order valence-electron chi connectivity index (χ4n) is 3.07. The van der Waals surface area contributed by atoms with Crippen LogP contribution in [0.15, 0.2) is 88.0 Å². The van der Waals surface area contributed by atoms with Gasteiger partial charge in [-0.15, -0.1) is 0 Å².